The molecule has 1 saturated heterocycles. The highest BCUT2D eigenvalue weighted by molar-refractivity contribution is 6.62. The number of benzene rings is 1. The van der Waals surface area contributed by atoms with Crippen molar-refractivity contribution in [2.75, 3.05) is 0 Å². The molecular formula is C12H17BO3. The van der Waals surface area contributed by atoms with Crippen molar-refractivity contribution in [1.29, 1.82) is 0 Å². The minimum Gasteiger partial charge on any atom is -0.508 e. The van der Waals surface area contributed by atoms with E-state index in [1.54, 1.807) is 0 Å². The summed E-state index contributed by atoms with van der Waals surface area (Å²) < 4.78 is 42.4. The van der Waals surface area contributed by atoms with Crippen LogP contribution >= 0.6 is 0 Å². The highest BCUT2D eigenvalue weighted by atomic mass is 16.7. The van der Waals surface area contributed by atoms with Crippen LogP contribution in [0.4, 0.5) is 0 Å². The molecule has 0 radical (unpaired) electrons. The Bertz CT molecular complexity index is 529. The molecule has 3 nitrogen and oxygen atoms in total. The van der Waals surface area contributed by atoms with Gasteiger partial charge in [0.15, 0.2) is 0 Å². The van der Waals surface area contributed by atoms with Crippen LogP contribution in [0.1, 0.15) is 33.2 Å². The predicted octanol–water partition coefficient (Wildman–Crippen LogP) is 1.69. The molecule has 0 atom stereocenters. The monoisotopic (exact) mass is 224 g/mol. The zero-order valence-electron chi connectivity index (χ0n) is 13.8. The SMILES string of the molecule is [2H]c1c([2H])c(O)c([2H])c(B2OC(C)(C)C(C)(C)O2)c1[2H]. The lowest BCUT2D eigenvalue weighted by Gasteiger charge is -2.32. The van der Waals surface area contributed by atoms with Crippen molar-refractivity contribution >= 4 is 12.6 Å². The second kappa shape index (κ2) is 3.50. The fourth-order valence-electron chi connectivity index (χ4n) is 1.43. The van der Waals surface area contributed by atoms with Gasteiger partial charge in [0.25, 0.3) is 0 Å². The molecule has 4 heteroatoms. The lowest BCUT2D eigenvalue weighted by atomic mass is 9.79. The van der Waals surface area contributed by atoms with Crippen molar-refractivity contribution in [3.05, 3.63) is 24.2 Å². The zero-order chi connectivity index (χ0) is 15.5. The van der Waals surface area contributed by atoms with E-state index in [-0.39, 0.29) is 11.5 Å². The molecule has 0 unspecified atom stereocenters. The second-order valence-electron chi connectivity index (χ2n) is 4.85. The number of hydrogen-bond acceptors (Lipinski definition) is 3. The van der Waals surface area contributed by atoms with Gasteiger partial charge in [-0.2, -0.15) is 0 Å². The summed E-state index contributed by atoms with van der Waals surface area (Å²) in [7, 11) is -1.00. The third kappa shape index (κ3) is 1.83. The van der Waals surface area contributed by atoms with E-state index in [0.29, 0.717) is 0 Å². The first-order valence-corrected chi connectivity index (χ1v) is 5.14. The molecule has 0 spiro atoms. The van der Waals surface area contributed by atoms with Gasteiger partial charge in [-0.3, -0.25) is 0 Å². The maximum absolute atomic E-state index is 9.72. The topological polar surface area (TPSA) is 38.7 Å². The summed E-state index contributed by atoms with van der Waals surface area (Å²) >= 11 is 0. The number of phenols is 1. The van der Waals surface area contributed by atoms with Crippen molar-refractivity contribution in [3.8, 4) is 5.75 Å². The van der Waals surface area contributed by atoms with E-state index >= 15 is 0 Å². The molecule has 86 valence electrons. The Morgan fingerprint density at radius 3 is 2.31 bits per heavy atom. The van der Waals surface area contributed by atoms with Gasteiger partial charge in [-0.25, -0.2) is 0 Å². The Kier molecular flexibility index (Phi) is 1.61. The highest BCUT2D eigenvalue weighted by Crippen LogP contribution is 2.36. The third-order valence-electron chi connectivity index (χ3n) is 3.12. The Balaban J connectivity index is 2.57. The Hall–Kier alpha value is -0.995. The summed E-state index contributed by atoms with van der Waals surface area (Å²) in [5, 5.41) is 9.72. The van der Waals surface area contributed by atoms with E-state index in [1.165, 1.54) is 0 Å². The van der Waals surface area contributed by atoms with Crippen molar-refractivity contribution in [3.63, 3.8) is 0 Å². The molecule has 0 bridgehead atoms. The maximum Gasteiger partial charge on any atom is 0.494 e. The largest absolute Gasteiger partial charge is 0.508 e. The second-order valence-corrected chi connectivity index (χ2v) is 4.85. The van der Waals surface area contributed by atoms with Gasteiger partial charge in [-0.1, -0.05) is 12.1 Å². The number of hydrogen-bond donors (Lipinski definition) is 1. The van der Waals surface area contributed by atoms with Crippen LogP contribution in [0.25, 0.3) is 0 Å². The van der Waals surface area contributed by atoms with Crippen LogP contribution in [0.2, 0.25) is 0 Å². The molecule has 1 aliphatic rings. The molecule has 0 saturated carbocycles. The Labute approximate surface area is 102 Å². The first kappa shape index (κ1) is 7.35. The van der Waals surface area contributed by atoms with Crippen molar-refractivity contribution in [2.24, 2.45) is 0 Å². The summed E-state index contributed by atoms with van der Waals surface area (Å²) in [5.74, 6) is -0.629. The molecule has 1 aromatic rings. The Morgan fingerprint density at radius 2 is 1.75 bits per heavy atom. The molecule has 0 aromatic heterocycles. The van der Waals surface area contributed by atoms with Crippen LogP contribution in [0.15, 0.2) is 24.2 Å². The smallest absolute Gasteiger partial charge is 0.494 e. The van der Waals surface area contributed by atoms with Gasteiger partial charge in [0.05, 0.1) is 16.7 Å². The third-order valence-corrected chi connectivity index (χ3v) is 3.12. The van der Waals surface area contributed by atoms with Crippen molar-refractivity contribution < 1.29 is 19.9 Å². The van der Waals surface area contributed by atoms with Gasteiger partial charge in [0.1, 0.15) is 5.75 Å². The lowest BCUT2D eigenvalue weighted by Crippen LogP contribution is -2.41. The standard InChI is InChI=1S/C12H17BO3/c1-11(2)12(3,4)16-13(15-11)9-6-5-7-10(14)8-9/h5-8,14H,1-4H3/i5D,6D,7D,8D. The van der Waals surface area contributed by atoms with Crippen molar-refractivity contribution in [1.82, 2.24) is 0 Å². The lowest BCUT2D eigenvalue weighted by molar-refractivity contribution is 0.00578. The van der Waals surface area contributed by atoms with E-state index in [2.05, 4.69) is 0 Å². The zero-order valence-corrected chi connectivity index (χ0v) is 9.84. The highest BCUT2D eigenvalue weighted by Gasteiger charge is 2.51. The first-order chi connectivity index (χ1) is 8.99. The average molecular weight is 224 g/mol. The van der Waals surface area contributed by atoms with E-state index in [9.17, 15) is 5.11 Å². The first-order valence-electron chi connectivity index (χ1n) is 7.14. The molecule has 1 aliphatic heterocycles. The van der Waals surface area contributed by atoms with E-state index < -0.39 is 42.2 Å². The number of aromatic hydroxyl groups is 1. The average Bonchev–Trinajstić information content (AvgIpc) is 2.53. The van der Waals surface area contributed by atoms with Crippen LogP contribution in [0.5, 0.6) is 5.75 Å². The minimum absolute atomic E-state index is 0.0119. The van der Waals surface area contributed by atoms with Gasteiger partial charge >= 0.3 is 7.12 Å². The van der Waals surface area contributed by atoms with Gasteiger partial charge in [0.2, 0.25) is 0 Å². The molecule has 1 fully saturated rings. The molecule has 1 N–H and O–H groups in total. The molecule has 1 heterocycles. The quantitative estimate of drug-likeness (QED) is 0.737. The van der Waals surface area contributed by atoms with Gasteiger partial charge < -0.3 is 14.4 Å². The van der Waals surface area contributed by atoms with Gasteiger partial charge in [-0.15, -0.1) is 0 Å². The van der Waals surface area contributed by atoms with E-state index in [4.69, 9.17) is 14.8 Å². The van der Waals surface area contributed by atoms with Crippen LogP contribution < -0.4 is 5.46 Å². The summed E-state index contributed by atoms with van der Waals surface area (Å²) in [6.07, 6.45) is 0. The van der Waals surface area contributed by atoms with E-state index in [1.807, 2.05) is 27.7 Å². The fourth-order valence-corrected chi connectivity index (χ4v) is 1.43. The number of rotatable bonds is 1. The van der Waals surface area contributed by atoms with Gasteiger partial charge in [0, 0.05) is 0 Å². The molecule has 0 amide bonds. The van der Waals surface area contributed by atoms with Gasteiger partial charge in [-0.05, 0) is 45.2 Å². The van der Waals surface area contributed by atoms with Crippen LogP contribution in [-0.2, 0) is 9.31 Å². The summed E-state index contributed by atoms with van der Waals surface area (Å²) in [5.41, 5.74) is -1.30. The molecule has 1 aromatic carbocycles. The fraction of sp³-hybridized carbons (Fsp3) is 0.500. The molecule has 2 rings (SSSR count). The molecule has 0 aliphatic carbocycles. The minimum atomic E-state index is -1.00. The van der Waals surface area contributed by atoms with Crippen LogP contribution in [-0.4, -0.2) is 23.4 Å². The summed E-state index contributed by atoms with van der Waals surface area (Å²) in [6, 6.07) is -1.69. The summed E-state index contributed by atoms with van der Waals surface area (Å²) in [4.78, 5) is 0. The Morgan fingerprint density at radius 1 is 1.19 bits per heavy atom. The number of phenolic OH excluding ortho intramolecular Hbond substituents is 1. The van der Waals surface area contributed by atoms with Crippen molar-refractivity contribution in [2.45, 2.75) is 38.9 Å². The predicted molar refractivity (Wildman–Crippen MR) is 63.8 cm³/mol. The van der Waals surface area contributed by atoms with Crippen LogP contribution in [0, 0.1) is 0 Å². The van der Waals surface area contributed by atoms with Crippen LogP contribution in [0.3, 0.4) is 0 Å². The maximum atomic E-state index is 9.72. The normalized spacial score (nSPS) is 25.9. The molecule has 16 heavy (non-hydrogen) atoms. The molecular weight excluding hydrogens is 203 g/mol. The van der Waals surface area contributed by atoms with E-state index in [0.717, 1.165) is 0 Å². The summed E-state index contributed by atoms with van der Waals surface area (Å²) in [6.45, 7) is 7.34.